The van der Waals surface area contributed by atoms with E-state index in [2.05, 4.69) is 73.7 Å². The van der Waals surface area contributed by atoms with E-state index in [4.69, 9.17) is 0 Å². The van der Waals surface area contributed by atoms with E-state index >= 15 is 0 Å². The quantitative estimate of drug-likeness (QED) is 0.260. The van der Waals surface area contributed by atoms with Crippen LogP contribution in [-0.2, 0) is 19.3 Å². The van der Waals surface area contributed by atoms with Crippen LogP contribution in [0.3, 0.4) is 0 Å². The zero-order valence-electron chi connectivity index (χ0n) is 21.6. The topological polar surface area (TPSA) is 0 Å². The first-order valence-electron chi connectivity index (χ1n) is 13.6. The Bertz CT molecular complexity index is 1060. The Morgan fingerprint density at radius 3 is 2.26 bits per heavy atom. The predicted molar refractivity (Wildman–Crippen MR) is 148 cm³/mol. The fourth-order valence-corrected chi connectivity index (χ4v) is 5.68. The van der Waals surface area contributed by atoms with Gasteiger partial charge in [-0.25, -0.2) is 4.39 Å². The molecule has 1 aliphatic carbocycles. The molecule has 1 aliphatic rings. The summed E-state index contributed by atoms with van der Waals surface area (Å²) >= 11 is 0. The summed E-state index contributed by atoms with van der Waals surface area (Å²) in [5, 5.41) is 0. The minimum absolute atomic E-state index is 0.0178. The summed E-state index contributed by atoms with van der Waals surface area (Å²) in [7, 11) is 0. The normalized spacial score (nSPS) is 19.2. The van der Waals surface area contributed by atoms with Crippen molar-refractivity contribution in [2.24, 2.45) is 5.92 Å². The van der Waals surface area contributed by atoms with Gasteiger partial charge in [0.2, 0.25) is 0 Å². The van der Waals surface area contributed by atoms with Gasteiger partial charge in [-0.05, 0) is 116 Å². The van der Waals surface area contributed by atoms with Crippen molar-refractivity contribution in [2.45, 2.75) is 83.5 Å². The van der Waals surface area contributed by atoms with Crippen molar-refractivity contribution in [3.8, 4) is 0 Å². The number of hydrogen-bond acceptors (Lipinski definition) is 0. The second-order valence-electron chi connectivity index (χ2n) is 10.5. The third kappa shape index (κ3) is 7.40. The first-order valence-corrected chi connectivity index (χ1v) is 13.6. The van der Waals surface area contributed by atoms with Crippen LogP contribution in [0.5, 0.6) is 0 Å². The van der Waals surface area contributed by atoms with E-state index in [1.165, 1.54) is 60.8 Å². The van der Waals surface area contributed by atoms with E-state index < -0.39 is 0 Å². The summed E-state index contributed by atoms with van der Waals surface area (Å²) in [4.78, 5) is 0. The lowest BCUT2D eigenvalue weighted by Crippen LogP contribution is -2.14. The molecule has 1 saturated carbocycles. The number of halogens is 1. The predicted octanol–water partition coefficient (Wildman–Crippen LogP) is 9.59. The zero-order valence-corrected chi connectivity index (χ0v) is 21.6. The minimum atomic E-state index is -0.0178. The van der Waals surface area contributed by atoms with Crippen LogP contribution in [0.4, 0.5) is 4.39 Å². The van der Waals surface area contributed by atoms with Gasteiger partial charge in [-0.3, -0.25) is 0 Å². The van der Waals surface area contributed by atoms with Crippen LogP contribution >= 0.6 is 0 Å². The average Bonchev–Trinajstić information content (AvgIpc) is 2.90. The highest BCUT2D eigenvalue weighted by atomic mass is 19.1. The van der Waals surface area contributed by atoms with E-state index in [0.29, 0.717) is 11.8 Å². The smallest absolute Gasteiger partial charge is 0.126 e. The molecule has 3 aromatic rings. The molecule has 0 spiro atoms. The summed E-state index contributed by atoms with van der Waals surface area (Å²) in [6.07, 6.45) is 14.3. The highest BCUT2D eigenvalue weighted by Gasteiger charge is 2.23. The van der Waals surface area contributed by atoms with Gasteiger partial charge in [0.05, 0.1) is 0 Å². The van der Waals surface area contributed by atoms with Gasteiger partial charge in [-0.2, -0.15) is 0 Å². The zero-order chi connectivity index (χ0) is 24.5. The Morgan fingerprint density at radius 1 is 0.857 bits per heavy atom. The molecule has 0 bridgehead atoms. The SMILES string of the molecule is C/C=C/CCc1ccc(C2CCC(CCc3ccc(C[C@@H](C)c4ccccc4)cc3)CC2)cc1F. The van der Waals surface area contributed by atoms with Gasteiger partial charge in [-0.1, -0.05) is 85.8 Å². The molecule has 1 fully saturated rings. The standard InChI is InChI=1S/C34H41F/c1-3-4-6-11-32-22-23-33(25-34(32)35)31-20-18-28(19-21-31)13-12-27-14-16-29(17-15-27)24-26(2)30-9-7-5-8-10-30/h3-5,7-10,14-17,22-23,25-26,28,31H,6,11-13,18-21,24H2,1-2H3/b4-3+/t26-,28?,31?/m1/s1. The van der Waals surface area contributed by atoms with Gasteiger partial charge in [0.15, 0.2) is 0 Å². The largest absolute Gasteiger partial charge is 0.207 e. The van der Waals surface area contributed by atoms with E-state index in [9.17, 15) is 4.39 Å². The molecule has 4 rings (SSSR count). The summed E-state index contributed by atoms with van der Waals surface area (Å²) < 4.78 is 14.6. The molecule has 0 amide bonds. The lowest BCUT2D eigenvalue weighted by molar-refractivity contribution is 0.310. The van der Waals surface area contributed by atoms with Crippen molar-refractivity contribution in [3.63, 3.8) is 0 Å². The van der Waals surface area contributed by atoms with Crippen LogP contribution < -0.4 is 0 Å². The molecule has 1 heteroatoms. The van der Waals surface area contributed by atoms with Crippen molar-refractivity contribution in [1.82, 2.24) is 0 Å². The fraction of sp³-hybridized carbons (Fsp3) is 0.412. The summed E-state index contributed by atoms with van der Waals surface area (Å²) in [6.45, 7) is 4.33. The van der Waals surface area contributed by atoms with Gasteiger partial charge in [-0.15, -0.1) is 0 Å². The first-order chi connectivity index (χ1) is 17.1. The van der Waals surface area contributed by atoms with Gasteiger partial charge in [0.1, 0.15) is 5.82 Å². The third-order valence-corrected chi connectivity index (χ3v) is 7.99. The molecule has 0 nitrogen and oxygen atoms in total. The molecule has 0 aliphatic heterocycles. The molecule has 0 N–H and O–H groups in total. The number of allylic oxidation sites excluding steroid dienone is 2. The highest BCUT2D eigenvalue weighted by molar-refractivity contribution is 5.29. The monoisotopic (exact) mass is 468 g/mol. The molecule has 0 radical (unpaired) electrons. The maximum Gasteiger partial charge on any atom is 0.126 e. The molecule has 0 heterocycles. The Kier molecular flexibility index (Phi) is 9.35. The number of aryl methyl sites for hydroxylation is 2. The Hall–Kier alpha value is -2.67. The second-order valence-corrected chi connectivity index (χ2v) is 10.5. The maximum absolute atomic E-state index is 14.6. The summed E-state index contributed by atoms with van der Waals surface area (Å²) in [5.41, 5.74) is 6.34. The van der Waals surface area contributed by atoms with Crippen LogP contribution in [0.25, 0.3) is 0 Å². The molecule has 0 unspecified atom stereocenters. The molecule has 0 aromatic heterocycles. The average molecular weight is 469 g/mol. The summed E-state index contributed by atoms with van der Waals surface area (Å²) in [6, 6.07) is 26.1. The van der Waals surface area contributed by atoms with Crippen LogP contribution in [0.1, 0.15) is 92.0 Å². The molecule has 3 aromatic carbocycles. The highest BCUT2D eigenvalue weighted by Crippen LogP contribution is 2.38. The van der Waals surface area contributed by atoms with Gasteiger partial charge < -0.3 is 0 Å². The molecular formula is C34H41F. The van der Waals surface area contributed by atoms with Crippen LogP contribution in [0.15, 0.2) is 84.9 Å². The lowest BCUT2D eigenvalue weighted by Gasteiger charge is -2.29. The van der Waals surface area contributed by atoms with Crippen LogP contribution in [0.2, 0.25) is 0 Å². The molecule has 1 atom stereocenters. The van der Waals surface area contributed by atoms with E-state index in [-0.39, 0.29) is 5.82 Å². The second kappa shape index (κ2) is 12.9. The Balaban J connectivity index is 1.21. The van der Waals surface area contributed by atoms with Gasteiger partial charge >= 0.3 is 0 Å². The number of benzene rings is 3. The van der Waals surface area contributed by atoms with Crippen molar-refractivity contribution < 1.29 is 4.39 Å². The third-order valence-electron chi connectivity index (χ3n) is 7.99. The van der Waals surface area contributed by atoms with E-state index in [1.54, 1.807) is 0 Å². The van der Waals surface area contributed by atoms with Gasteiger partial charge in [0.25, 0.3) is 0 Å². The molecule has 184 valence electrons. The summed E-state index contributed by atoms with van der Waals surface area (Å²) in [5.74, 6) is 1.85. The van der Waals surface area contributed by atoms with Crippen LogP contribution in [-0.4, -0.2) is 0 Å². The van der Waals surface area contributed by atoms with Crippen molar-refractivity contribution in [1.29, 1.82) is 0 Å². The molecular weight excluding hydrogens is 427 g/mol. The lowest BCUT2D eigenvalue weighted by atomic mass is 9.76. The van der Waals surface area contributed by atoms with Gasteiger partial charge in [0, 0.05) is 0 Å². The van der Waals surface area contributed by atoms with E-state index in [1.807, 2.05) is 25.1 Å². The Labute approximate surface area is 212 Å². The van der Waals surface area contributed by atoms with Crippen molar-refractivity contribution in [2.75, 3.05) is 0 Å². The van der Waals surface area contributed by atoms with Crippen LogP contribution in [0, 0.1) is 11.7 Å². The maximum atomic E-state index is 14.6. The van der Waals surface area contributed by atoms with Crippen molar-refractivity contribution in [3.05, 3.63) is 119 Å². The Morgan fingerprint density at radius 2 is 1.57 bits per heavy atom. The fourth-order valence-electron chi connectivity index (χ4n) is 5.68. The molecule has 0 saturated heterocycles. The number of hydrogen-bond donors (Lipinski definition) is 0. The number of rotatable bonds is 10. The minimum Gasteiger partial charge on any atom is -0.207 e. The van der Waals surface area contributed by atoms with Crippen molar-refractivity contribution >= 4 is 0 Å². The molecule has 35 heavy (non-hydrogen) atoms. The van der Waals surface area contributed by atoms with E-state index in [0.717, 1.165) is 30.7 Å². The first kappa shape index (κ1) is 25.4.